The maximum atomic E-state index is 12.7. The van der Waals surface area contributed by atoms with E-state index in [1.54, 1.807) is 6.20 Å². The van der Waals surface area contributed by atoms with Crippen LogP contribution in [0.2, 0.25) is 0 Å². The zero-order valence-corrected chi connectivity index (χ0v) is 15.8. The number of fused-ring (bicyclic) bond motifs is 1. The average Bonchev–Trinajstić information content (AvgIpc) is 3.35. The molecular weight excluding hydrogens is 354 g/mol. The van der Waals surface area contributed by atoms with Gasteiger partial charge in [0.15, 0.2) is 11.5 Å². The van der Waals surface area contributed by atoms with Crippen molar-refractivity contribution in [2.45, 2.75) is 18.8 Å². The van der Waals surface area contributed by atoms with Crippen molar-refractivity contribution in [3.63, 3.8) is 0 Å². The van der Waals surface area contributed by atoms with Gasteiger partial charge in [0.25, 0.3) is 0 Å². The van der Waals surface area contributed by atoms with Gasteiger partial charge in [-0.1, -0.05) is 36.4 Å². The van der Waals surface area contributed by atoms with E-state index in [9.17, 15) is 4.79 Å². The normalized spacial score (nSPS) is 13.3. The molecule has 0 radical (unpaired) electrons. The highest BCUT2D eigenvalue weighted by molar-refractivity contribution is 5.77. The summed E-state index contributed by atoms with van der Waals surface area (Å²) in [6, 6.07) is 16.0. The first kappa shape index (κ1) is 18.1. The van der Waals surface area contributed by atoms with E-state index in [4.69, 9.17) is 9.47 Å². The van der Waals surface area contributed by atoms with Crippen LogP contribution in [0, 0.1) is 0 Å². The van der Waals surface area contributed by atoms with Gasteiger partial charge in [-0.2, -0.15) is 0 Å². The van der Waals surface area contributed by atoms with Gasteiger partial charge >= 0.3 is 0 Å². The quantitative estimate of drug-likeness (QED) is 0.687. The number of hydrogen-bond donors (Lipinski definition) is 1. The number of imidazole rings is 1. The molecule has 4 rings (SSSR count). The fourth-order valence-electron chi connectivity index (χ4n) is 3.45. The van der Waals surface area contributed by atoms with E-state index in [2.05, 4.69) is 22.4 Å². The Morgan fingerprint density at radius 3 is 2.75 bits per heavy atom. The second kappa shape index (κ2) is 8.17. The Bertz CT molecular complexity index is 953. The fourth-order valence-corrected chi connectivity index (χ4v) is 3.45. The summed E-state index contributed by atoms with van der Waals surface area (Å²) in [5, 5.41) is 3.02. The highest BCUT2D eigenvalue weighted by atomic mass is 16.7. The van der Waals surface area contributed by atoms with Crippen molar-refractivity contribution in [1.29, 1.82) is 0 Å². The molecule has 1 aliphatic heterocycles. The summed E-state index contributed by atoms with van der Waals surface area (Å²) in [4.78, 5) is 16.9. The number of aryl methyl sites for hydroxylation is 1. The molecule has 6 heteroatoms. The third-order valence-corrected chi connectivity index (χ3v) is 4.98. The predicted octanol–water partition coefficient (Wildman–Crippen LogP) is 3.03. The summed E-state index contributed by atoms with van der Waals surface area (Å²) in [7, 11) is 1.95. The zero-order valence-electron chi connectivity index (χ0n) is 15.8. The number of carbonyl (C=O) groups is 1. The zero-order chi connectivity index (χ0) is 19.3. The molecule has 1 amide bonds. The van der Waals surface area contributed by atoms with Crippen molar-refractivity contribution in [2.24, 2.45) is 7.05 Å². The summed E-state index contributed by atoms with van der Waals surface area (Å²) in [5.74, 6) is 2.39. The summed E-state index contributed by atoms with van der Waals surface area (Å²) in [6.07, 6.45) is 4.74. The molecule has 3 aromatic rings. The third kappa shape index (κ3) is 4.01. The maximum Gasteiger partial charge on any atom is 0.231 e. The second-order valence-corrected chi connectivity index (χ2v) is 6.83. The Balaban J connectivity index is 1.46. The average molecular weight is 377 g/mol. The molecule has 1 N–H and O–H groups in total. The largest absolute Gasteiger partial charge is 0.454 e. The molecule has 0 bridgehead atoms. The molecule has 0 saturated heterocycles. The Labute approximate surface area is 164 Å². The van der Waals surface area contributed by atoms with E-state index >= 15 is 0 Å². The smallest absolute Gasteiger partial charge is 0.231 e. The van der Waals surface area contributed by atoms with Crippen molar-refractivity contribution in [3.05, 3.63) is 77.9 Å². The number of hydrogen-bond acceptors (Lipinski definition) is 4. The van der Waals surface area contributed by atoms with Crippen LogP contribution in [-0.4, -0.2) is 28.8 Å². The molecule has 0 fully saturated rings. The van der Waals surface area contributed by atoms with Crippen LogP contribution in [0.5, 0.6) is 11.5 Å². The number of benzene rings is 2. The van der Waals surface area contributed by atoms with Gasteiger partial charge in [-0.15, -0.1) is 0 Å². The van der Waals surface area contributed by atoms with E-state index in [1.807, 2.05) is 54.2 Å². The van der Waals surface area contributed by atoms with Crippen molar-refractivity contribution < 1.29 is 14.3 Å². The molecular formula is C22H23N3O3. The molecule has 1 aliphatic rings. The minimum Gasteiger partial charge on any atom is -0.454 e. The molecule has 144 valence electrons. The summed E-state index contributed by atoms with van der Waals surface area (Å²) < 4.78 is 12.9. The molecule has 2 aromatic carbocycles. The van der Waals surface area contributed by atoms with Gasteiger partial charge in [-0.25, -0.2) is 4.98 Å². The van der Waals surface area contributed by atoms with Crippen LogP contribution in [0.15, 0.2) is 60.9 Å². The first-order valence-electron chi connectivity index (χ1n) is 9.38. The van der Waals surface area contributed by atoms with Crippen LogP contribution in [0.3, 0.4) is 0 Å². The second-order valence-electron chi connectivity index (χ2n) is 6.83. The monoisotopic (exact) mass is 377 g/mol. The molecule has 0 unspecified atom stereocenters. The molecule has 1 atom stereocenters. The van der Waals surface area contributed by atoms with E-state index in [0.717, 1.165) is 28.5 Å². The van der Waals surface area contributed by atoms with Crippen LogP contribution >= 0.6 is 0 Å². The Kier molecular flexibility index (Phi) is 5.28. The summed E-state index contributed by atoms with van der Waals surface area (Å²) >= 11 is 0. The van der Waals surface area contributed by atoms with Gasteiger partial charge in [0.05, 0.1) is 0 Å². The van der Waals surface area contributed by atoms with E-state index in [-0.39, 0.29) is 18.6 Å². The van der Waals surface area contributed by atoms with E-state index in [0.29, 0.717) is 19.4 Å². The summed E-state index contributed by atoms with van der Waals surface area (Å²) in [5.41, 5.74) is 2.13. The molecule has 28 heavy (non-hydrogen) atoms. The lowest BCUT2D eigenvalue weighted by Crippen LogP contribution is -2.28. The lowest BCUT2D eigenvalue weighted by Gasteiger charge is -2.18. The number of ether oxygens (including phenoxy) is 2. The van der Waals surface area contributed by atoms with Crippen LogP contribution in [0.4, 0.5) is 0 Å². The number of nitrogens with zero attached hydrogens (tertiary/aromatic N) is 2. The lowest BCUT2D eigenvalue weighted by molar-refractivity contribution is -0.121. The predicted molar refractivity (Wildman–Crippen MR) is 105 cm³/mol. The van der Waals surface area contributed by atoms with Crippen LogP contribution < -0.4 is 14.8 Å². The van der Waals surface area contributed by atoms with Crippen LogP contribution in [-0.2, 0) is 18.3 Å². The molecule has 1 aromatic heterocycles. The highest BCUT2D eigenvalue weighted by Gasteiger charge is 2.21. The maximum absolute atomic E-state index is 12.7. The first-order chi connectivity index (χ1) is 13.7. The fraction of sp³-hybridized carbons (Fsp3) is 0.273. The van der Waals surface area contributed by atoms with E-state index in [1.165, 1.54) is 0 Å². The molecule has 0 spiro atoms. The number of aromatic nitrogens is 2. The molecule has 0 aliphatic carbocycles. The Morgan fingerprint density at radius 1 is 1.14 bits per heavy atom. The lowest BCUT2D eigenvalue weighted by atomic mass is 9.88. The Morgan fingerprint density at radius 2 is 1.96 bits per heavy atom. The number of amides is 1. The molecule has 0 saturated carbocycles. The number of carbonyl (C=O) groups excluding carboxylic acids is 1. The Hall–Kier alpha value is -3.28. The standard InChI is InChI=1S/C22H23N3O3/c1-25-12-11-23-21(25)9-10-24-22(26)14-18(16-5-3-2-4-6-16)17-7-8-19-20(13-17)28-15-27-19/h2-8,11-13,18H,9-10,14-15H2,1H3,(H,24,26)/t18-/m1/s1. The van der Waals surface area contributed by atoms with Gasteiger partial charge in [0.1, 0.15) is 5.82 Å². The van der Waals surface area contributed by atoms with Crippen LogP contribution in [0.25, 0.3) is 0 Å². The highest BCUT2D eigenvalue weighted by Crippen LogP contribution is 2.37. The molecule has 6 nitrogen and oxygen atoms in total. The van der Waals surface area contributed by atoms with Gasteiger partial charge in [0.2, 0.25) is 12.7 Å². The first-order valence-corrected chi connectivity index (χ1v) is 9.38. The number of nitrogens with one attached hydrogen (secondary N) is 1. The minimum atomic E-state index is -0.0520. The SMILES string of the molecule is Cn1ccnc1CCNC(=O)C[C@H](c1ccccc1)c1ccc2c(c1)OCO2. The topological polar surface area (TPSA) is 65.4 Å². The van der Waals surface area contributed by atoms with Gasteiger partial charge in [-0.3, -0.25) is 4.79 Å². The van der Waals surface area contributed by atoms with Crippen molar-refractivity contribution in [3.8, 4) is 11.5 Å². The summed E-state index contributed by atoms with van der Waals surface area (Å²) in [6.45, 7) is 0.800. The van der Waals surface area contributed by atoms with Gasteiger partial charge in [0, 0.05) is 44.7 Å². The van der Waals surface area contributed by atoms with Crippen LogP contribution in [0.1, 0.15) is 29.3 Å². The molecule has 2 heterocycles. The van der Waals surface area contributed by atoms with Gasteiger partial charge < -0.3 is 19.4 Å². The van der Waals surface area contributed by atoms with Crippen molar-refractivity contribution >= 4 is 5.91 Å². The number of rotatable bonds is 7. The van der Waals surface area contributed by atoms with Crippen molar-refractivity contribution in [2.75, 3.05) is 13.3 Å². The van der Waals surface area contributed by atoms with E-state index < -0.39 is 0 Å². The van der Waals surface area contributed by atoms with Gasteiger partial charge in [-0.05, 0) is 23.3 Å². The third-order valence-electron chi connectivity index (χ3n) is 4.98. The minimum absolute atomic E-state index is 0.0146. The van der Waals surface area contributed by atoms with Crippen molar-refractivity contribution in [1.82, 2.24) is 14.9 Å².